The van der Waals surface area contributed by atoms with E-state index in [1.807, 2.05) is 50.5 Å². The smallest absolute Gasteiger partial charge is 0.109 e. The van der Waals surface area contributed by atoms with Crippen molar-refractivity contribution in [3.05, 3.63) is 59.5 Å². The van der Waals surface area contributed by atoms with Crippen molar-refractivity contribution < 1.29 is 5.11 Å². The highest BCUT2D eigenvalue weighted by Gasteiger charge is 2.18. The fourth-order valence-electron chi connectivity index (χ4n) is 2.40. The molecular formula is C15H15N3O. The van der Waals surface area contributed by atoms with Gasteiger partial charge in [-0.15, -0.1) is 0 Å². The summed E-state index contributed by atoms with van der Waals surface area (Å²) in [5.74, 6) is 0. The lowest BCUT2D eigenvalue weighted by molar-refractivity contribution is 0.221. The second kappa shape index (κ2) is 4.48. The average molecular weight is 253 g/mol. The van der Waals surface area contributed by atoms with E-state index in [9.17, 15) is 5.11 Å². The first kappa shape index (κ1) is 11.9. The van der Waals surface area contributed by atoms with Crippen molar-refractivity contribution in [2.45, 2.75) is 13.0 Å². The maximum absolute atomic E-state index is 10.6. The SMILES string of the molecule is Cc1nn(C)cc1C(O)c1cccc2cccnc12. The third-order valence-electron chi connectivity index (χ3n) is 3.30. The first-order chi connectivity index (χ1) is 9.16. The monoisotopic (exact) mass is 253 g/mol. The number of benzene rings is 1. The van der Waals surface area contributed by atoms with E-state index in [0.29, 0.717) is 0 Å². The quantitative estimate of drug-likeness (QED) is 0.762. The summed E-state index contributed by atoms with van der Waals surface area (Å²) in [5, 5.41) is 15.9. The van der Waals surface area contributed by atoms with Gasteiger partial charge in [0.25, 0.3) is 0 Å². The number of nitrogens with zero attached hydrogens (tertiary/aromatic N) is 3. The first-order valence-corrected chi connectivity index (χ1v) is 6.18. The minimum Gasteiger partial charge on any atom is -0.383 e. The van der Waals surface area contributed by atoms with Crippen LogP contribution in [0.15, 0.2) is 42.7 Å². The minimum atomic E-state index is -0.702. The van der Waals surface area contributed by atoms with E-state index in [1.165, 1.54) is 0 Å². The predicted octanol–water partition coefficient (Wildman–Crippen LogP) is 2.36. The molecule has 1 aromatic carbocycles. The summed E-state index contributed by atoms with van der Waals surface area (Å²) in [7, 11) is 1.85. The van der Waals surface area contributed by atoms with Crippen LogP contribution >= 0.6 is 0 Å². The molecule has 1 atom stereocenters. The lowest BCUT2D eigenvalue weighted by Gasteiger charge is -2.12. The van der Waals surface area contributed by atoms with Gasteiger partial charge in [-0.25, -0.2) is 0 Å². The number of hydrogen-bond donors (Lipinski definition) is 1. The lowest BCUT2D eigenvalue weighted by Crippen LogP contribution is -2.02. The van der Waals surface area contributed by atoms with Gasteiger partial charge in [-0.2, -0.15) is 5.10 Å². The molecule has 96 valence electrons. The Morgan fingerprint density at radius 2 is 1.95 bits per heavy atom. The van der Waals surface area contributed by atoms with Crippen LogP contribution < -0.4 is 0 Å². The number of aryl methyl sites for hydroxylation is 2. The molecule has 0 radical (unpaired) electrons. The maximum atomic E-state index is 10.6. The van der Waals surface area contributed by atoms with Crippen LogP contribution in [0.1, 0.15) is 22.9 Å². The van der Waals surface area contributed by atoms with E-state index < -0.39 is 6.10 Å². The summed E-state index contributed by atoms with van der Waals surface area (Å²) in [5.41, 5.74) is 3.30. The van der Waals surface area contributed by atoms with Gasteiger partial charge in [0.2, 0.25) is 0 Å². The van der Waals surface area contributed by atoms with E-state index in [0.717, 1.165) is 27.7 Å². The number of aromatic nitrogens is 3. The molecule has 1 unspecified atom stereocenters. The van der Waals surface area contributed by atoms with Gasteiger partial charge < -0.3 is 5.11 Å². The number of aliphatic hydroxyl groups is 1. The standard InChI is InChI=1S/C15H15N3O/c1-10-13(9-18(2)17-10)15(19)12-7-3-5-11-6-4-8-16-14(11)12/h3-9,15,19H,1-2H3. The van der Waals surface area contributed by atoms with Crippen LogP contribution in [0.2, 0.25) is 0 Å². The van der Waals surface area contributed by atoms with Gasteiger partial charge >= 0.3 is 0 Å². The Kier molecular flexibility index (Phi) is 2.80. The molecule has 0 fully saturated rings. The highest BCUT2D eigenvalue weighted by molar-refractivity contribution is 5.82. The number of para-hydroxylation sites is 1. The van der Waals surface area contributed by atoms with Crippen LogP contribution in [0, 0.1) is 6.92 Å². The molecule has 3 rings (SSSR count). The molecule has 0 aliphatic heterocycles. The molecule has 19 heavy (non-hydrogen) atoms. The van der Waals surface area contributed by atoms with Crippen molar-refractivity contribution in [3.63, 3.8) is 0 Å². The number of aliphatic hydroxyl groups excluding tert-OH is 1. The van der Waals surface area contributed by atoms with Gasteiger partial charge in [0.15, 0.2) is 0 Å². The van der Waals surface area contributed by atoms with Crippen molar-refractivity contribution in [2.75, 3.05) is 0 Å². The molecule has 0 aliphatic carbocycles. The van der Waals surface area contributed by atoms with Gasteiger partial charge in [-0.1, -0.05) is 24.3 Å². The van der Waals surface area contributed by atoms with Gasteiger partial charge in [-0.05, 0) is 13.0 Å². The Labute approximate surface area is 111 Å². The molecule has 0 amide bonds. The molecule has 4 heteroatoms. The van der Waals surface area contributed by atoms with Crippen LogP contribution in [0.3, 0.4) is 0 Å². The summed E-state index contributed by atoms with van der Waals surface area (Å²) >= 11 is 0. The van der Waals surface area contributed by atoms with E-state index in [2.05, 4.69) is 10.1 Å². The Balaban J connectivity index is 2.16. The third kappa shape index (κ3) is 2.00. The Morgan fingerprint density at radius 1 is 1.16 bits per heavy atom. The molecule has 0 saturated carbocycles. The minimum absolute atomic E-state index is 0.702. The molecular weight excluding hydrogens is 238 g/mol. The van der Waals surface area contributed by atoms with Gasteiger partial charge in [0, 0.05) is 36.0 Å². The van der Waals surface area contributed by atoms with Crippen molar-refractivity contribution >= 4 is 10.9 Å². The van der Waals surface area contributed by atoms with Crippen molar-refractivity contribution in [2.24, 2.45) is 7.05 Å². The molecule has 1 N–H and O–H groups in total. The van der Waals surface area contributed by atoms with Crippen molar-refractivity contribution in [1.82, 2.24) is 14.8 Å². The van der Waals surface area contributed by atoms with Gasteiger partial charge in [-0.3, -0.25) is 9.67 Å². The summed E-state index contributed by atoms with van der Waals surface area (Å²) in [4.78, 5) is 4.38. The van der Waals surface area contributed by atoms with E-state index >= 15 is 0 Å². The molecule has 0 saturated heterocycles. The highest BCUT2D eigenvalue weighted by Crippen LogP contribution is 2.28. The number of fused-ring (bicyclic) bond motifs is 1. The molecule has 0 bridgehead atoms. The zero-order valence-corrected chi connectivity index (χ0v) is 10.9. The van der Waals surface area contributed by atoms with Crippen LogP contribution in [0.4, 0.5) is 0 Å². The number of rotatable bonds is 2. The van der Waals surface area contributed by atoms with Crippen LogP contribution in [0.25, 0.3) is 10.9 Å². The van der Waals surface area contributed by atoms with E-state index in [-0.39, 0.29) is 0 Å². The van der Waals surface area contributed by atoms with E-state index in [1.54, 1.807) is 10.9 Å². The van der Waals surface area contributed by atoms with Crippen molar-refractivity contribution in [1.29, 1.82) is 0 Å². The third-order valence-corrected chi connectivity index (χ3v) is 3.30. The van der Waals surface area contributed by atoms with Gasteiger partial charge in [0.05, 0.1) is 11.2 Å². The highest BCUT2D eigenvalue weighted by atomic mass is 16.3. The number of pyridine rings is 1. The molecule has 0 aliphatic rings. The topological polar surface area (TPSA) is 50.9 Å². The fourth-order valence-corrected chi connectivity index (χ4v) is 2.40. The molecule has 4 nitrogen and oxygen atoms in total. The molecule has 0 spiro atoms. The summed E-state index contributed by atoms with van der Waals surface area (Å²) in [6.07, 6.45) is 2.89. The second-order valence-electron chi connectivity index (χ2n) is 4.67. The molecule has 2 heterocycles. The Morgan fingerprint density at radius 3 is 2.68 bits per heavy atom. The maximum Gasteiger partial charge on any atom is 0.109 e. The van der Waals surface area contributed by atoms with Crippen LogP contribution in [-0.4, -0.2) is 19.9 Å². The molecule has 3 aromatic rings. The average Bonchev–Trinajstić information content (AvgIpc) is 2.76. The molecule has 2 aromatic heterocycles. The summed E-state index contributed by atoms with van der Waals surface area (Å²) in [6, 6.07) is 9.73. The summed E-state index contributed by atoms with van der Waals surface area (Å²) in [6.45, 7) is 1.90. The van der Waals surface area contributed by atoms with E-state index in [4.69, 9.17) is 0 Å². The van der Waals surface area contributed by atoms with Crippen LogP contribution in [-0.2, 0) is 7.05 Å². The Hall–Kier alpha value is -2.20. The zero-order chi connectivity index (χ0) is 13.4. The summed E-state index contributed by atoms with van der Waals surface area (Å²) < 4.78 is 1.71. The normalized spacial score (nSPS) is 12.8. The van der Waals surface area contributed by atoms with Crippen molar-refractivity contribution in [3.8, 4) is 0 Å². The zero-order valence-electron chi connectivity index (χ0n) is 10.9. The van der Waals surface area contributed by atoms with Crippen LogP contribution in [0.5, 0.6) is 0 Å². The predicted molar refractivity (Wildman–Crippen MR) is 73.7 cm³/mol. The lowest BCUT2D eigenvalue weighted by atomic mass is 9.99. The fraction of sp³-hybridized carbons (Fsp3) is 0.200. The first-order valence-electron chi connectivity index (χ1n) is 6.18. The van der Waals surface area contributed by atoms with Gasteiger partial charge in [0.1, 0.15) is 6.10 Å². The largest absolute Gasteiger partial charge is 0.383 e. The second-order valence-corrected chi connectivity index (χ2v) is 4.67. The Bertz CT molecular complexity index is 728. The number of hydrogen-bond acceptors (Lipinski definition) is 3.